The number of piperidine rings is 1. The maximum atomic E-state index is 13.5. The van der Waals surface area contributed by atoms with Crippen LogP contribution in [-0.2, 0) is 29.0 Å². The number of carbonyl (C=O) groups is 2. The molecule has 1 fully saturated rings. The third-order valence-electron chi connectivity index (χ3n) is 5.92. The first-order valence-corrected chi connectivity index (χ1v) is 10.4. The topological polar surface area (TPSA) is 101 Å². The first-order chi connectivity index (χ1) is 14.1. The van der Waals surface area contributed by atoms with E-state index in [-0.39, 0.29) is 24.2 Å². The minimum Gasteiger partial charge on any atom is -0.354 e. The van der Waals surface area contributed by atoms with E-state index in [1.807, 2.05) is 36.5 Å². The molecule has 1 atom stereocenters. The normalized spacial score (nSPS) is 21.9. The van der Waals surface area contributed by atoms with E-state index in [9.17, 15) is 9.59 Å². The Balaban J connectivity index is 0.00000256. The van der Waals surface area contributed by atoms with E-state index in [1.165, 1.54) is 0 Å². The molecule has 0 aliphatic carbocycles. The van der Waals surface area contributed by atoms with Gasteiger partial charge in [-0.2, -0.15) is 0 Å². The standard InChI is InChI=1S/C21H28N6O2.ClH/c28-19-18(13-16-5-2-1-3-6-16)24-20(29)21(7-10-22-11-8-21)14-17-15-27(26-25-17)12-4-9-23-19;/h1-3,5-6,15,18,22H,4,7-14H2,(H,23,28)(H,24,29);1H. The highest BCUT2D eigenvalue weighted by atomic mass is 35.5. The smallest absolute Gasteiger partial charge is 0.242 e. The van der Waals surface area contributed by atoms with E-state index in [1.54, 1.807) is 4.68 Å². The Kier molecular flexibility index (Phi) is 7.44. The summed E-state index contributed by atoms with van der Waals surface area (Å²) < 4.78 is 1.80. The van der Waals surface area contributed by atoms with Crippen LogP contribution in [0.2, 0.25) is 0 Å². The van der Waals surface area contributed by atoms with Gasteiger partial charge >= 0.3 is 0 Å². The molecule has 3 heterocycles. The minimum absolute atomic E-state index is 0. The maximum absolute atomic E-state index is 13.5. The second kappa shape index (κ2) is 10.0. The van der Waals surface area contributed by atoms with Crippen molar-refractivity contribution in [1.29, 1.82) is 0 Å². The van der Waals surface area contributed by atoms with Gasteiger partial charge in [0.2, 0.25) is 11.8 Å². The molecule has 1 aromatic heterocycles. The highest BCUT2D eigenvalue weighted by molar-refractivity contribution is 5.90. The summed E-state index contributed by atoms with van der Waals surface area (Å²) in [5.41, 5.74) is 1.29. The molecule has 2 aliphatic heterocycles. The molecule has 162 valence electrons. The molecule has 2 amide bonds. The average Bonchev–Trinajstić information content (AvgIpc) is 3.18. The molecule has 0 radical (unpaired) electrons. The largest absolute Gasteiger partial charge is 0.354 e. The third-order valence-corrected chi connectivity index (χ3v) is 5.92. The average molecular weight is 433 g/mol. The number of nitrogens with zero attached hydrogens (tertiary/aromatic N) is 3. The predicted molar refractivity (Wildman–Crippen MR) is 115 cm³/mol. The Morgan fingerprint density at radius 2 is 1.87 bits per heavy atom. The zero-order chi connectivity index (χ0) is 20.1. The molecule has 4 rings (SSSR count). The van der Waals surface area contributed by atoms with Gasteiger partial charge < -0.3 is 16.0 Å². The Morgan fingerprint density at radius 1 is 1.10 bits per heavy atom. The second-order valence-electron chi connectivity index (χ2n) is 8.04. The zero-order valence-electron chi connectivity index (χ0n) is 17.0. The SMILES string of the molecule is Cl.O=C1NCCCn2cc(nn2)CC2(CCNCC2)C(=O)NC1Cc1ccccc1. The summed E-state index contributed by atoms with van der Waals surface area (Å²) in [6.45, 7) is 2.77. The Bertz CT molecular complexity index is 850. The van der Waals surface area contributed by atoms with Gasteiger partial charge in [0.05, 0.1) is 11.1 Å². The number of hydrogen-bond donors (Lipinski definition) is 3. The quantitative estimate of drug-likeness (QED) is 0.653. The van der Waals surface area contributed by atoms with Crippen LogP contribution in [-0.4, -0.2) is 52.5 Å². The molecular formula is C21H29ClN6O2. The van der Waals surface area contributed by atoms with E-state index >= 15 is 0 Å². The van der Waals surface area contributed by atoms with Crippen molar-refractivity contribution in [3.05, 3.63) is 47.8 Å². The summed E-state index contributed by atoms with van der Waals surface area (Å²) in [7, 11) is 0. The Labute approximate surface area is 182 Å². The number of halogens is 1. The fourth-order valence-corrected chi connectivity index (χ4v) is 4.21. The van der Waals surface area contributed by atoms with Crippen LogP contribution in [0, 0.1) is 5.41 Å². The molecule has 30 heavy (non-hydrogen) atoms. The van der Waals surface area contributed by atoms with Crippen molar-refractivity contribution >= 4 is 24.2 Å². The summed E-state index contributed by atoms with van der Waals surface area (Å²) in [6.07, 6.45) is 5.13. The van der Waals surface area contributed by atoms with Gasteiger partial charge in [-0.05, 0) is 37.9 Å². The minimum atomic E-state index is -0.592. The number of nitrogens with one attached hydrogen (secondary N) is 3. The van der Waals surface area contributed by atoms with Crippen LogP contribution < -0.4 is 16.0 Å². The van der Waals surface area contributed by atoms with Crippen LogP contribution in [0.4, 0.5) is 0 Å². The monoisotopic (exact) mass is 432 g/mol. The lowest BCUT2D eigenvalue weighted by Crippen LogP contribution is -2.55. The molecular weight excluding hydrogens is 404 g/mol. The number of benzene rings is 1. The van der Waals surface area contributed by atoms with E-state index < -0.39 is 11.5 Å². The molecule has 9 heteroatoms. The van der Waals surface area contributed by atoms with Crippen molar-refractivity contribution in [2.45, 2.75) is 44.7 Å². The molecule has 8 nitrogen and oxygen atoms in total. The van der Waals surface area contributed by atoms with Crippen molar-refractivity contribution in [2.75, 3.05) is 19.6 Å². The Hall–Kier alpha value is -2.45. The van der Waals surface area contributed by atoms with Crippen molar-refractivity contribution in [1.82, 2.24) is 30.9 Å². The number of hydrogen-bond acceptors (Lipinski definition) is 5. The van der Waals surface area contributed by atoms with E-state index in [4.69, 9.17) is 0 Å². The van der Waals surface area contributed by atoms with Crippen LogP contribution in [0.25, 0.3) is 0 Å². The molecule has 1 unspecified atom stereocenters. The first kappa shape index (κ1) is 22.2. The molecule has 2 bridgehead atoms. The number of aryl methyl sites for hydroxylation is 1. The summed E-state index contributed by atoms with van der Waals surface area (Å²) in [5.74, 6) is -0.201. The molecule has 1 saturated heterocycles. The van der Waals surface area contributed by atoms with E-state index in [0.717, 1.165) is 30.8 Å². The highest BCUT2D eigenvalue weighted by Gasteiger charge is 2.41. The lowest BCUT2D eigenvalue weighted by Gasteiger charge is -2.36. The number of carbonyl (C=O) groups excluding carboxylic acids is 2. The van der Waals surface area contributed by atoms with Gasteiger partial charge in [-0.1, -0.05) is 35.5 Å². The van der Waals surface area contributed by atoms with Crippen molar-refractivity contribution in [2.24, 2.45) is 5.41 Å². The second-order valence-corrected chi connectivity index (χ2v) is 8.04. The van der Waals surface area contributed by atoms with Gasteiger partial charge in [0, 0.05) is 32.1 Å². The molecule has 1 spiro atoms. The van der Waals surface area contributed by atoms with E-state index in [2.05, 4.69) is 26.3 Å². The summed E-state index contributed by atoms with van der Waals surface area (Å²) in [4.78, 5) is 26.4. The Morgan fingerprint density at radius 3 is 2.63 bits per heavy atom. The lowest BCUT2D eigenvalue weighted by atomic mass is 9.74. The number of amides is 2. The van der Waals surface area contributed by atoms with Crippen molar-refractivity contribution < 1.29 is 9.59 Å². The fraction of sp³-hybridized carbons (Fsp3) is 0.524. The van der Waals surface area contributed by atoms with Crippen molar-refractivity contribution in [3.8, 4) is 0 Å². The van der Waals surface area contributed by atoms with Crippen LogP contribution in [0.3, 0.4) is 0 Å². The first-order valence-electron chi connectivity index (χ1n) is 10.4. The highest BCUT2D eigenvalue weighted by Crippen LogP contribution is 2.33. The fourth-order valence-electron chi connectivity index (χ4n) is 4.21. The van der Waals surface area contributed by atoms with Crippen LogP contribution in [0.15, 0.2) is 36.5 Å². The predicted octanol–water partition coefficient (Wildman–Crippen LogP) is 0.860. The van der Waals surface area contributed by atoms with Gasteiger partial charge in [0.15, 0.2) is 0 Å². The molecule has 0 saturated carbocycles. The number of rotatable bonds is 2. The van der Waals surface area contributed by atoms with Gasteiger partial charge in [0.1, 0.15) is 6.04 Å². The van der Waals surface area contributed by atoms with Crippen LogP contribution >= 0.6 is 12.4 Å². The maximum Gasteiger partial charge on any atom is 0.242 e. The summed E-state index contributed by atoms with van der Waals surface area (Å²) in [6, 6.07) is 9.22. The molecule has 1 aromatic carbocycles. The van der Waals surface area contributed by atoms with Gasteiger partial charge in [0.25, 0.3) is 0 Å². The molecule has 3 N–H and O–H groups in total. The van der Waals surface area contributed by atoms with Gasteiger partial charge in [-0.25, -0.2) is 0 Å². The van der Waals surface area contributed by atoms with Crippen LogP contribution in [0.1, 0.15) is 30.5 Å². The van der Waals surface area contributed by atoms with Gasteiger partial charge in [-0.15, -0.1) is 17.5 Å². The van der Waals surface area contributed by atoms with E-state index in [0.29, 0.717) is 38.8 Å². The van der Waals surface area contributed by atoms with Crippen LogP contribution in [0.5, 0.6) is 0 Å². The number of aromatic nitrogens is 3. The molecule has 2 aromatic rings. The van der Waals surface area contributed by atoms with Crippen molar-refractivity contribution in [3.63, 3.8) is 0 Å². The summed E-state index contributed by atoms with van der Waals surface area (Å²) >= 11 is 0. The number of fused-ring (bicyclic) bond motifs is 2. The van der Waals surface area contributed by atoms with Gasteiger partial charge in [-0.3, -0.25) is 14.3 Å². The lowest BCUT2D eigenvalue weighted by molar-refractivity contribution is -0.136. The third kappa shape index (κ3) is 5.17. The summed E-state index contributed by atoms with van der Waals surface area (Å²) in [5, 5.41) is 17.9. The zero-order valence-corrected chi connectivity index (χ0v) is 17.8. The molecule has 2 aliphatic rings.